The Morgan fingerprint density at radius 2 is 2.21 bits per heavy atom. The van der Waals surface area contributed by atoms with Gasteiger partial charge in [0.25, 0.3) is 5.91 Å². The van der Waals surface area contributed by atoms with Crippen LogP contribution in [0.15, 0.2) is 18.2 Å². The maximum Gasteiger partial charge on any atom is 0.252 e. The van der Waals surface area contributed by atoms with Crippen LogP contribution in [0.3, 0.4) is 0 Å². The highest BCUT2D eigenvalue weighted by Gasteiger charge is 2.28. The lowest BCUT2D eigenvalue weighted by Gasteiger charge is -2.10. The lowest BCUT2D eigenvalue weighted by atomic mass is 10.1. The molecule has 0 radical (unpaired) electrons. The second kappa shape index (κ2) is 5.46. The molecule has 1 amide bonds. The van der Waals surface area contributed by atoms with Gasteiger partial charge in [0.2, 0.25) is 0 Å². The number of amides is 1. The fourth-order valence-corrected chi connectivity index (χ4v) is 4.15. The van der Waals surface area contributed by atoms with Crippen molar-refractivity contribution in [2.75, 3.05) is 18.1 Å². The molecule has 1 aliphatic rings. The first-order valence-corrected chi connectivity index (χ1v) is 8.01. The molecule has 0 spiro atoms. The smallest absolute Gasteiger partial charge is 0.252 e. The summed E-state index contributed by atoms with van der Waals surface area (Å²) in [4.78, 5) is 11.8. The first kappa shape index (κ1) is 14.3. The van der Waals surface area contributed by atoms with Gasteiger partial charge < -0.3 is 5.32 Å². The minimum Gasteiger partial charge on any atom is -0.352 e. The molecule has 0 bridgehead atoms. The number of hydrogen-bond acceptors (Lipinski definition) is 3. The molecule has 1 aliphatic heterocycles. The van der Waals surface area contributed by atoms with Gasteiger partial charge in [-0.3, -0.25) is 4.79 Å². The summed E-state index contributed by atoms with van der Waals surface area (Å²) >= 11 is 5.77. The zero-order chi connectivity index (χ0) is 14.0. The Morgan fingerprint density at radius 1 is 1.47 bits per heavy atom. The Hall–Kier alpha value is -1.14. The van der Waals surface area contributed by atoms with E-state index < -0.39 is 21.6 Å². The van der Waals surface area contributed by atoms with Crippen molar-refractivity contribution in [3.8, 4) is 0 Å². The Bertz CT molecular complexity index is 603. The van der Waals surface area contributed by atoms with Gasteiger partial charge in [-0.25, -0.2) is 12.8 Å². The van der Waals surface area contributed by atoms with Crippen molar-refractivity contribution in [3.63, 3.8) is 0 Å². The Kier molecular flexibility index (Phi) is 4.10. The van der Waals surface area contributed by atoms with E-state index in [1.54, 1.807) is 0 Å². The molecule has 1 heterocycles. The van der Waals surface area contributed by atoms with Crippen LogP contribution in [0.25, 0.3) is 0 Å². The van der Waals surface area contributed by atoms with E-state index in [-0.39, 0.29) is 34.6 Å². The predicted molar refractivity (Wildman–Crippen MR) is 70.5 cm³/mol. The molecule has 1 aromatic rings. The van der Waals surface area contributed by atoms with E-state index in [0.29, 0.717) is 6.42 Å². The van der Waals surface area contributed by atoms with Gasteiger partial charge >= 0.3 is 0 Å². The maximum absolute atomic E-state index is 12.8. The van der Waals surface area contributed by atoms with Gasteiger partial charge in [0.1, 0.15) is 5.82 Å². The topological polar surface area (TPSA) is 63.2 Å². The van der Waals surface area contributed by atoms with Crippen LogP contribution in [0.2, 0.25) is 5.02 Å². The van der Waals surface area contributed by atoms with Crippen molar-refractivity contribution in [2.24, 2.45) is 5.92 Å². The average molecular weight is 306 g/mol. The predicted octanol–water partition coefficient (Wildman–Crippen LogP) is 1.64. The molecule has 1 aromatic carbocycles. The largest absolute Gasteiger partial charge is 0.352 e. The maximum atomic E-state index is 12.8. The summed E-state index contributed by atoms with van der Waals surface area (Å²) in [7, 11) is -2.95. The number of benzene rings is 1. The molecule has 104 valence electrons. The molecular weight excluding hydrogens is 293 g/mol. The lowest BCUT2D eigenvalue weighted by molar-refractivity contribution is 0.0948. The summed E-state index contributed by atoms with van der Waals surface area (Å²) in [5.41, 5.74) is 0.184. The molecule has 1 atom stereocenters. The summed E-state index contributed by atoms with van der Waals surface area (Å²) in [5, 5.41) is 2.67. The average Bonchev–Trinajstić information content (AvgIpc) is 2.66. The van der Waals surface area contributed by atoms with Crippen LogP contribution in [0, 0.1) is 11.7 Å². The Morgan fingerprint density at radius 3 is 2.79 bits per heavy atom. The molecule has 0 saturated carbocycles. The zero-order valence-corrected chi connectivity index (χ0v) is 11.6. The highest BCUT2D eigenvalue weighted by Crippen LogP contribution is 2.19. The normalized spacial score (nSPS) is 21.3. The number of hydrogen-bond donors (Lipinski definition) is 1. The number of rotatable bonds is 3. The molecule has 1 fully saturated rings. The summed E-state index contributed by atoms with van der Waals surface area (Å²) in [6, 6.07) is 3.52. The monoisotopic (exact) mass is 305 g/mol. The van der Waals surface area contributed by atoms with Gasteiger partial charge in [0.15, 0.2) is 9.84 Å². The van der Waals surface area contributed by atoms with E-state index in [9.17, 15) is 17.6 Å². The molecule has 2 rings (SSSR count). The number of carbonyl (C=O) groups is 1. The number of carbonyl (C=O) groups excluding carboxylic acids is 1. The highest BCUT2D eigenvalue weighted by molar-refractivity contribution is 7.91. The molecule has 0 aliphatic carbocycles. The van der Waals surface area contributed by atoms with Crippen LogP contribution in [-0.4, -0.2) is 32.4 Å². The van der Waals surface area contributed by atoms with E-state index in [0.717, 1.165) is 12.1 Å². The standard InChI is InChI=1S/C12H13ClFNO3S/c13-11-5-9(14)1-2-10(11)12(16)15-6-8-3-4-19(17,18)7-8/h1-2,5,8H,3-4,6-7H2,(H,15,16)/t8-/m0/s1. The number of nitrogens with one attached hydrogen (secondary N) is 1. The molecule has 19 heavy (non-hydrogen) atoms. The molecule has 4 nitrogen and oxygen atoms in total. The summed E-state index contributed by atoms with van der Waals surface area (Å²) in [6.45, 7) is 0.284. The third-order valence-electron chi connectivity index (χ3n) is 3.05. The van der Waals surface area contributed by atoms with E-state index in [1.807, 2.05) is 0 Å². The van der Waals surface area contributed by atoms with Gasteiger partial charge in [0, 0.05) is 6.54 Å². The van der Waals surface area contributed by atoms with Crippen LogP contribution < -0.4 is 5.32 Å². The van der Waals surface area contributed by atoms with E-state index in [2.05, 4.69) is 5.32 Å². The third kappa shape index (κ3) is 3.67. The van der Waals surface area contributed by atoms with Crippen molar-refractivity contribution in [2.45, 2.75) is 6.42 Å². The van der Waals surface area contributed by atoms with Crippen molar-refractivity contribution in [1.29, 1.82) is 0 Å². The molecule has 0 unspecified atom stereocenters. The van der Waals surface area contributed by atoms with Crippen molar-refractivity contribution < 1.29 is 17.6 Å². The fourth-order valence-electron chi connectivity index (χ4n) is 2.04. The van der Waals surface area contributed by atoms with Crippen LogP contribution in [-0.2, 0) is 9.84 Å². The van der Waals surface area contributed by atoms with Crippen molar-refractivity contribution in [3.05, 3.63) is 34.6 Å². The van der Waals surface area contributed by atoms with Gasteiger partial charge in [-0.05, 0) is 30.5 Å². The zero-order valence-electron chi connectivity index (χ0n) is 10.0. The van der Waals surface area contributed by atoms with Crippen molar-refractivity contribution >= 4 is 27.3 Å². The third-order valence-corrected chi connectivity index (χ3v) is 5.20. The SMILES string of the molecule is O=C(NC[C@@H]1CCS(=O)(=O)C1)c1ccc(F)cc1Cl. The van der Waals surface area contributed by atoms with E-state index >= 15 is 0 Å². The molecule has 0 aromatic heterocycles. The van der Waals surface area contributed by atoms with Gasteiger partial charge in [-0.1, -0.05) is 11.6 Å². The summed E-state index contributed by atoms with van der Waals surface area (Å²) < 4.78 is 35.4. The van der Waals surface area contributed by atoms with Crippen LogP contribution in [0.5, 0.6) is 0 Å². The Labute approximate surface area is 115 Å². The second-order valence-electron chi connectivity index (χ2n) is 4.60. The highest BCUT2D eigenvalue weighted by atomic mass is 35.5. The number of halogens is 2. The molecule has 1 saturated heterocycles. The van der Waals surface area contributed by atoms with E-state index in [4.69, 9.17) is 11.6 Å². The first-order chi connectivity index (χ1) is 8.87. The minimum atomic E-state index is -2.95. The van der Waals surface area contributed by atoms with Gasteiger partial charge in [0.05, 0.1) is 22.1 Å². The first-order valence-electron chi connectivity index (χ1n) is 5.81. The van der Waals surface area contributed by atoms with Crippen molar-refractivity contribution in [1.82, 2.24) is 5.32 Å². The second-order valence-corrected chi connectivity index (χ2v) is 7.24. The van der Waals surface area contributed by atoms with Crippen LogP contribution in [0.4, 0.5) is 4.39 Å². The van der Waals surface area contributed by atoms with Gasteiger partial charge in [-0.2, -0.15) is 0 Å². The van der Waals surface area contributed by atoms with E-state index in [1.165, 1.54) is 6.07 Å². The van der Waals surface area contributed by atoms with Gasteiger partial charge in [-0.15, -0.1) is 0 Å². The fraction of sp³-hybridized carbons (Fsp3) is 0.417. The summed E-state index contributed by atoms with van der Waals surface area (Å²) in [6.07, 6.45) is 0.555. The van der Waals surface area contributed by atoms with Crippen LogP contribution >= 0.6 is 11.6 Å². The summed E-state index contributed by atoms with van der Waals surface area (Å²) in [5.74, 6) is -0.721. The molecule has 1 N–H and O–H groups in total. The molecule has 7 heteroatoms. The minimum absolute atomic E-state index is 0.0385. The molecular formula is C12H13ClFNO3S. The quantitative estimate of drug-likeness (QED) is 0.923. The number of sulfone groups is 1. The lowest BCUT2D eigenvalue weighted by Crippen LogP contribution is -2.30. The Balaban J connectivity index is 1.95. The van der Waals surface area contributed by atoms with Crippen LogP contribution in [0.1, 0.15) is 16.8 Å².